The fourth-order valence-electron chi connectivity index (χ4n) is 2.66. The van der Waals surface area contributed by atoms with Crippen LogP contribution in [0.4, 0.5) is 5.69 Å². The van der Waals surface area contributed by atoms with Gasteiger partial charge in [0.15, 0.2) is 0 Å². The second-order valence-corrected chi connectivity index (χ2v) is 7.15. The van der Waals surface area contributed by atoms with Gasteiger partial charge in [0.05, 0.1) is 7.11 Å². The molecule has 1 heterocycles. The highest BCUT2D eigenvalue weighted by atomic mass is 79.9. The summed E-state index contributed by atoms with van der Waals surface area (Å²) in [4.78, 5) is 4.58. The number of halogens is 1. The van der Waals surface area contributed by atoms with Crippen LogP contribution in [-0.4, -0.2) is 26.7 Å². The van der Waals surface area contributed by atoms with E-state index in [9.17, 15) is 0 Å². The molecule has 144 valence electrons. The van der Waals surface area contributed by atoms with Gasteiger partial charge >= 0.3 is 0 Å². The maximum atomic E-state index is 4.58. The molecule has 0 saturated carbocycles. The van der Waals surface area contributed by atoms with Crippen molar-refractivity contribution in [2.45, 2.75) is 33.2 Å². The number of hydroxylamine groups is 1. The van der Waals surface area contributed by atoms with Crippen molar-refractivity contribution in [3.8, 4) is 0 Å². The average Bonchev–Trinajstić information content (AvgIpc) is 2.68. The van der Waals surface area contributed by atoms with Gasteiger partial charge in [-0.3, -0.25) is 10.3 Å². The smallest absolute Gasteiger partial charge is 0.0636 e. The van der Waals surface area contributed by atoms with Gasteiger partial charge in [-0.2, -0.15) is 0 Å². The largest absolute Gasteiger partial charge is 0.388 e. The predicted molar refractivity (Wildman–Crippen MR) is 117 cm³/mol. The van der Waals surface area contributed by atoms with Crippen LogP contribution in [-0.2, 0) is 4.84 Å². The number of nitrogens with one attached hydrogen (secondary N) is 3. The molecule has 0 radical (unpaired) electrons. The van der Waals surface area contributed by atoms with Gasteiger partial charge in [-0.1, -0.05) is 41.1 Å². The average molecular weight is 422 g/mol. The molecule has 0 spiro atoms. The van der Waals surface area contributed by atoms with Gasteiger partial charge in [0.25, 0.3) is 0 Å². The van der Waals surface area contributed by atoms with Gasteiger partial charge < -0.3 is 10.6 Å². The molecule has 1 aromatic carbocycles. The van der Waals surface area contributed by atoms with E-state index in [1.165, 1.54) is 16.8 Å². The van der Waals surface area contributed by atoms with E-state index in [4.69, 9.17) is 0 Å². The lowest BCUT2D eigenvalue weighted by atomic mass is 9.91. The Labute approximate surface area is 166 Å². The van der Waals surface area contributed by atoms with Crippen LogP contribution in [0.15, 0.2) is 53.2 Å². The van der Waals surface area contributed by atoms with Crippen molar-refractivity contribution in [3.63, 3.8) is 0 Å². The highest BCUT2D eigenvalue weighted by Crippen LogP contribution is 2.31. The lowest BCUT2D eigenvalue weighted by Crippen LogP contribution is -2.36. The second-order valence-electron chi connectivity index (χ2n) is 6.23. The van der Waals surface area contributed by atoms with Crippen molar-refractivity contribution in [1.29, 1.82) is 0 Å². The molecule has 2 unspecified atom stereocenters. The van der Waals surface area contributed by atoms with Gasteiger partial charge in [-0.25, -0.2) is 0 Å². The minimum Gasteiger partial charge on any atom is -0.388 e. The van der Waals surface area contributed by atoms with Crippen LogP contribution in [0.5, 0.6) is 0 Å². The van der Waals surface area contributed by atoms with Crippen molar-refractivity contribution in [2.75, 3.05) is 26.0 Å². The second kappa shape index (κ2) is 11.9. The molecular formula is C21H32BrN3O. The molecule has 0 saturated heterocycles. The Hall–Kier alpha value is -1.56. The van der Waals surface area contributed by atoms with Crippen molar-refractivity contribution >= 4 is 27.2 Å². The maximum absolute atomic E-state index is 4.58. The Morgan fingerprint density at radius 2 is 2.19 bits per heavy atom. The zero-order valence-corrected chi connectivity index (χ0v) is 18.1. The van der Waals surface area contributed by atoms with Gasteiger partial charge in [0.1, 0.15) is 0 Å². The Morgan fingerprint density at radius 1 is 1.46 bits per heavy atom. The third-order valence-electron chi connectivity index (χ3n) is 4.39. The fourth-order valence-corrected chi connectivity index (χ4v) is 3.02. The van der Waals surface area contributed by atoms with Crippen LogP contribution >= 0.6 is 15.9 Å². The van der Waals surface area contributed by atoms with E-state index in [-0.39, 0.29) is 0 Å². The molecule has 0 amide bonds. The third-order valence-corrected chi connectivity index (χ3v) is 4.88. The molecule has 0 fully saturated rings. The van der Waals surface area contributed by atoms with Crippen molar-refractivity contribution in [1.82, 2.24) is 10.8 Å². The molecule has 1 aliphatic heterocycles. The molecule has 2 rings (SSSR count). The molecule has 1 aliphatic rings. The number of hydrogen-bond donors (Lipinski definition) is 3. The van der Waals surface area contributed by atoms with Gasteiger partial charge in [-0.05, 0) is 56.5 Å². The van der Waals surface area contributed by atoms with Crippen molar-refractivity contribution in [2.24, 2.45) is 5.92 Å². The van der Waals surface area contributed by atoms with E-state index in [1.54, 1.807) is 7.11 Å². The van der Waals surface area contributed by atoms with E-state index in [1.807, 2.05) is 33.0 Å². The number of hydrogen-bond acceptors (Lipinski definition) is 4. The summed E-state index contributed by atoms with van der Waals surface area (Å²) in [6.45, 7) is 11.0. The number of anilines is 1. The van der Waals surface area contributed by atoms with Crippen molar-refractivity contribution in [3.05, 3.63) is 58.7 Å². The molecule has 0 aliphatic carbocycles. The molecule has 4 nitrogen and oxygen atoms in total. The Kier molecular flexibility index (Phi) is 10.3. The van der Waals surface area contributed by atoms with Crippen LogP contribution in [0.1, 0.15) is 32.8 Å². The zero-order valence-electron chi connectivity index (χ0n) is 16.5. The summed E-state index contributed by atoms with van der Waals surface area (Å²) in [6.07, 6.45) is 7.35. The highest BCUT2D eigenvalue weighted by Gasteiger charge is 2.19. The van der Waals surface area contributed by atoms with E-state index < -0.39 is 0 Å². The molecule has 3 N–H and O–H groups in total. The standard InChI is InChI=1S/C16H21BrN2.C5H11NO/c1-4-11(2)16-9-12(7-8-19-16)14-10-13(17)5-6-15(14)18-3;1-4-5(2)6-7-3/h4-6,9-11,16,18-19H,1,7-8H2,2-3H3;4,6H,1-3H3/b;5-4+. The SMILES string of the molecule is C/C=C(\C)NOC.C=CC(C)C1C=C(c2cc(Br)ccc2NC)CCN1. The number of allylic oxidation sites excluding steroid dienone is 2. The minimum absolute atomic E-state index is 0.380. The van der Waals surface area contributed by atoms with Gasteiger partial charge in [-0.15, -0.1) is 6.58 Å². The predicted octanol–water partition coefficient (Wildman–Crippen LogP) is 5.12. The van der Waals surface area contributed by atoms with Crippen LogP contribution in [0.3, 0.4) is 0 Å². The molecule has 0 bridgehead atoms. The summed E-state index contributed by atoms with van der Waals surface area (Å²) < 4.78 is 1.12. The summed E-state index contributed by atoms with van der Waals surface area (Å²) in [5.74, 6) is 0.445. The van der Waals surface area contributed by atoms with Crippen molar-refractivity contribution < 1.29 is 4.84 Å². The first kappa shape index (κ1) is 22.5. The monoisotopic (exact) mass is 421 g/mol. The summed E-state index contributed by atoms with van der Waals surface area (Å²) in [5, 5.41) is 6.82. The fraction of sp³-hybridized carbons (Fsp3) is 0.429. The molecular weight excluding hydrogens is 390 g/mol. The third kappa shape index (κ3) is 6.98. The molecule has 5 heteroatoms. The quantitative estimate of drug-likeness (QED) is 0.440. The molecule has 2 atom stereocenters. The van der Waals surface area contributed by atoms with E-state index in [0.29, 0.717) is 12.0 Å². The van der Waals surface area contributed by atoms with Gasteiger partial charge in [0, 0.05) is 34.5 Å². The first-order valence-corrected chi connectivity index (χ1v) is 9.72. The molecule has 26 heavy (non-hydrogen) atoms. The highest BCUT2D eigenvalue weighted by molar-refractivity contribution is 9.10. The Bertz CT molecular complexity index is 640. The summed E-state index contributed by atoms with van der Waals surface area (Å²) in [7, 11) is 3.56. The first-order chi connectivity index (χ1) is 12.5. The molecule has 1 aromatic rings. The number of rotatable bonds is 6. The Balaban J connectivity index is 0.000000412. The Morgan fingerprint density at radius 3 is 2.73 bits per heavy atom. The topological polar surface area (TPSA) is 45.3 Å². The first-order valence-electron chi connectivity index (χ1n) is 8.93. The lowest BCUT2D eigenvalue weighted by molar-refractivity contribution is 0.118. The maximum Gasteiger partial charge on any atom is 0.0636 e. The lowest BCUT2D eigenvalue weighted by Gasteiger charge is -2.27. The van der Waals surface area contributed by atoms with Crippen LogP contribution < -0.4 is 16.1 Å². The number of benzene rings is 1. The van der Waals surface area contributed by atoms with E-state index in [2.05, 4.69) is 74.7 Å². The van der Waals surface area contributed by atoms with Crippen LogP contribution in [0, 0.1) is 5.92 Å². The normalized spacial score (nSPS) is 18.2. The molecule has 0 aromatic heterocycles. The summed E-state index contributed by atoms with van der Waals surface area (Å²) >= 11 is 3.56. The van der Waals surface area contributed by atoms with E-state index >= 15 is 0 Å². The minimum atomic E-state index is 0.380. The van der Waals surface area contributed by atoms with E-state index in [0.717, 1.165) is 23.1 Å². The summed E-state index contributed by atoms with van der Waals surface area (Å²) in [6, 6.07) is 6.76. The van der Waals surface area contributed by atoms with Crippen LogP contribution in [0.2, 0.25) is 0 Å². The summed E-state index contributed by atoms with van der Waals surface area (Å²) in [5.41, 5.74) is 7.57. The van der Waals surface area contributed by atoms with Crippen LogP contribution in [0.25, 0.3) is 5.57 Å². The van der Waals surface area contributed by atoms with Gasteiger partial charge in [0.2, 0.25) is 0 Å². The zero-order chi connectivity index (χ0) is 19.5.